The molecule has 0 amide bonds. The van der Waals surface area contributed by atoms with E-state index in [0.717, 1.165) is 16.8 Å². The van der Waals surface area contributed by atoms with Crippen LogP contribution in [0.2, 0.25) is 0 Å². The quantitative estimate of drug-likeness (QED) is 0.784. The van der Waals surface area contributed by atoms with Gasteiger partial charge >= 0.3 is 0 Å². The molecule has 0 saturated heterocycles. The van der Waals surface area contributed by atoms with E-state index in [0.29, 0.717) is 13.2 Å². The second-order valence-electron chi connectivity index (χ2n) is 4.37. The molecule has 1 atom stereocenters. The van der Waals surface area contributed by atoms with Crippen LogP contribution in [-0.2, 0) is 11.3 Å². The van der Waals surface area contributed by atoms with Gasteiger partial charge < -0.3 is 14.5 Å². The Labute approximate surface area is 122 Å². The largest absolute Gasteiger partial charge is 0.468 e. The summed E-state index contributed by atoms with van der Waals surface area (Å²) in [5.41, 5.74) is 1.17. The van der Waals surface area contributed by atoms with Gasteiger partial charge in [-0.3, -0.25) is 0 Å². The van der Waals surface area contributed by atoms with Crippen LogP contribution < -0.4 is 5.32 Å². The molecule has 0 radical (unpaired) electrons. The molecule has 0 aliphatic heterocycles. The first-order valence-corrected chi connectivity index (χ1v) is 7.14. The number of hydrogen-bond acceptors (Lipinski definition) is 3. The molecular weight excluding hydrogens is 306 g/mol. The predicted molar refractivity (Wildman–Crippen MR) is 78.9 cm³/mol. The first-order valence-electron chi connectivity index (χ1n) is 6.34. The van der Waals surface area contributed by atoms with Crippen LogP contribution in [0, 0.1) is 0 Å². The molecule has 1 unspecified atom stereocenters. The van der Waals surface area contributed by atoms with Gasteiger partial charge in [-0.25, -0.2) is 0 Å². The van der Waals surface area contributed by atoms with E-state index in [1.165, 1.54) is 5.56 Å². The molecule has 3 nitrogen and oxygen atoms in total. The van der Waals surface area contributed by atoms with Crippen molar-refractivity contribution < 1.29 is 9.15 Å². The van der Waals surface area contributed by atoms with Gasteiger partial charge in [-0.15, -0.1) is 0 Å². The summed E-state index contributed by atoms with van der Waals surface area (Å²) in [5.74, 6) is 0.951. The lowest BCUT2D eigenvalue weighted by Crippen LogP contribution is -2.22. The third-order valence-corrected chi connectivity index (χ3v) is 3.32. The highest BCUT2D eigenvalue weighted by Crippen LogP contribution is 2.13. The van der Waals surface area contributed by atoms with Crippen LogP contribution in [-0.4, -0.2) is 13.2 Å². The Morgan fingerprint density at radius 3 is 2.95 bits per heavy atom. The fourth-order valence-electron chi connectivity index (χ4n) is 1.80. The van der Waals surface area contributed by atoms with Gasteiger partial charge in [0.25, 0.3) is 0 Å². The van der Waals surface area contributed by atoms with Crippen molar-refractivity contribution in [3.8, 4) is 0 Å². The molecule has 0 aliphatic rings. The Bertz CT molecular complexity index is 485. The lowest BCUT2D eigenvalue weighted by atomic mass is 10.2. The second-order valence-corrected chi connectivity index (χ2v) is 5.29. The first-order chi connectivity index (χ1) is 9.25. The van der Waals surface area contributed by atoms with Crippen LogP contribution in [0.5, 0.6) is 0 Å². The third kappa shape index (κ3) is 4.82. The van der Waals surface area contributed by atoms with E-state index in [4.69, 9.17) is 9.15 Å². The van der Waals surface area contributed by atoms with Crippen LogP contribution in [0.1, 0.15) is 24.3 Å². The maximum Gasteiger partial charge on any atom is 0.120 e. The van der Waals surface area contributed by atoms with E-state index < -0.39 is 0 Å². The number of rotatable bonds is 7. The highest BCUT2D eigenvalue weighted by Gasteiger charge is 2.06. The molecule has 1 heterocycles. The predicted octanol–water partition coefficient (Wildman–Crippen LogP) is 3.91. The number of hydrogen-bond donors (Lipinski definition) is 1. The monoisotopic (exact) mass is 323 g/mol. The van der Waals surface area contributed by atoms with Gasteiger partial charge in [-0.1, -0.05) is 28.1 Å². The van der Waals surface area contributed by atoms with Crippen molar-refractivity contribution in [3.63, 3.8) is 0 Å². The van der Waals surface area contributed by atoms with E-state index in [-0.39, 0.29) is 6.04 Å². The number of halogens is 1. The standard InChI is InChI=1S/C15H18BrNO2/c1-12(15-6-3-8-19-15)17-7-9-18-11-13-4-2-5-14(16)10-13/h2-6,8,10,12,17H,7,9,11H2,1H3. The molecular formula is C15H18BrNO2. The van der Waals surface area contributed by atoms with Crippen LogP contribution in [0.15, 0.2) is 51.6 Å². The van der Waals surface area contributed by atoms with Gasteiger partial charge in [0.1, 0.15) is 5.76 Å². The Morgan fingerprint density at radius 1 is 1.32 bits per heavy atom. The van der Waals surface area contributed by atoms with E-state index >= 15 is 0 Å². The van der Waals surface area contributed by atoms with Gasteiger partial charge in [0.2, 0.25) is 0 Å². The van der Waals surface area contributed by atoms with Crippen molar-refractivity contribution in [1.82, 2.24) is 5.32 Å². The minimum atomic E-state index is 0.212. The Morgan fingerprint density at radius 2 is 2.21 bits per heavy atom. The molecule has 0 spiro atoms. The zero-order valence-corrected chi connectivity index (χ0v) is 12.5. The number of nitrogens with one attached hydrogen (secondary N) is 1. The minimum Gasteiger partial charge on any atom is -0.468 e. The van der Waals surface area contributed by atoms with Crippen molar-refractivity contribution in [1.29, 1.82) is 0 Å². The van der Waals surface area contributed by atoms with Gasteiger partial charge in [0, 0.05) is 11.0 Å². The first kappa shape index (κ1) is 14.3. The Hall–Kier alpha value is -1.10. The topological polar surface area (TPSA) is 34.4 Å². The van der Waals surface area contributed by atoms with Gasteiger partial charge in [0.15, 0.2) is 0 Å². The lowest BCUT2D eigenvalue weighted by molar-refractivity contribution is 0.120. The average Bonchev–Trinajstić information content (AvgIpc) is 2.92. The molecule has 102 valence electrons. The van der Waals surface area contributed by atoms with Crippen LogP contribution in [0.4, 0.5) is 0 Å². The van der Waals surface area contributed by atoms with E-state index in [1.54, 1.807) is 6.26 Å². The summed E-state index contributed by atoms with van der Waals surface area (Å²) >= 11 is 3.45. The number of benzene rings is 1. The highest BCUT2D eigenvalue weighted by molar-refractivity contribution is 9.10. The third-order valence-electron chi connectivity index (χ3n) is 2.82. The maximum absolute atomic E-state index is 5.63. The summed E-state index contributed by atoms with van der Waals surface area (Å²) in [5, 5.41) is 3.35. The fourth-order valence-corrected chi connectivity index (χ4v) is 2.25. The van der Waals surface area contributed by atoms with Gasteiger partial charge in [0.05, 0.1) is 25.5 Å². The van der Waals surface area contributed by atoms with Crippen molar-refractivity contribution in [2.24, 2.45) is 0 Å². The summed E-state index contributed by atoms with van der Waals surface area (Å²) in [6.45, 7) is 4.19. The number of furan rings is 1. The molecule has 19 heavy (non-hydrogen) atoms. The molecule has 0 fully saturated rings. The molecule has 1 N–H and O–H groups in total. The Balaban J connectivity index is 1.62. The highest BCUT2D eigenvalue weighted by atomic mass is 79.9. The Kier molecular flexibility index (Phi) is 5.63. The zero-order chi connectivity index (χ0) is 13.5. The van der Waals surface area contributed by atoms with E-state index in [1.807, 2.05) is 24.3 Å². The molecule has 2 rings (SSSR count). The summed E-state index contributed by atoms with van der Waals surface area (Å²) in [4.78, 5) is 0. The lowest BCUT2D eigenvalue weighted by Gasteiger charge is -2.11. The fraction of sp³-hybridized carbons (Fsp3) is 0.333. The van der Waals surface area contributed by atoms with Crippen LogP contribution in [0.3, 0.4) is 0 Å². The number of ether oxygens (including phenoxy) is 1. The molecule has 0 aliphatic carbocycles. The molecule has 2 aromatic rings. The van der Waals surface area contributed by atoms with E-state index in [9.17, 15) is 0 Å². The summed E-state index contributed by atoms with van der Waals surface area (Å²) in [6, 6.07) is 12.2. The average molecular weight is 324 g/mol. The summed E-state index contributed by atoms with van der Waals surface area (Å²) in [7, 11) is 0. The minimum absolute atomic E-state index is 0.212. The van der Waals surface area contributed by atoms with Crippen LogP contribution in [0.25, 0.3) is 0 Å². The summed E-state index contributed by atoms with van der Waals surface area (Å²) < 4.78 is 12.0. The van der Waals surface area contributed by atoms with Crippen molar-refractivity contribution >= 4 is 15.9 Å². The SMILES string of the molecule is CC(NCCOCc1cccc(Br)c1)c1ccco1. The second kappa shape index (κ2) is 7.48. The van der Waals surface area contributed by atoms with Gasteiger partial charge in [-0.05, 0) is 36.8 Å². The molecule has 1 aromatic heterocycles. The van der Waals surface area contributed by atoms with Gasteiger partial charge in [-0.2, -0.15) is 0 Å². The molecule has 1 aromatic carbocycles. The van der Waals surface area contributed by atoms with E-state index in [2.05, 4.69) is 40.3 Å². The smallest absolute Gasteiger partial charge is 0.120 e. The van der Waals surface area contributed by atoms with Crippen molar-refractivity contribution in [2.75, 3.05) is 13.2 Å². The zero-order valence-electron chi connectivity index (χ0n) is 10.9. The van der Waals surface area contributed by atoms with Crippen LogP contribution >= 0.6 is 15.9 Å². The molecule has 4 heteroatoms. The van der Waals surface area contributed by atoms with Crippen molar-refractivity contribution in [3.05, 3.63) is 58.5 Å². The molecule has 0 saturated carbocycles. The normalized spacial score (nSPS) is 12.5. The summed E-state index contributed by atoms with van der Waals surface area (Å²) in [6.07, 6.45) is 1.69. The van der Waals surface area contributed by atoms with Crippen molar-refractivity contribution in [2.45, 2.75) is 19.6 Å². The maximum atomic E-state index is 5.63. The molecule has 0 bridgehead atoms.